The number of benzene rings is 1. The third-order valence-corrected chi connectivity index (χ3v) is 6.58. The Bertz CT molecular complexity index is 976. The molecule has 1 amide bonds. The van der Waals surface area contributed by atoms with E-state index in [1.165, 1.54) is 44.2 Å². The number of piperidine rings is 1. The van der Waals surface area contributed by atoms with E-state index in [0.717, 1.165) is 29.9 Å². The Morgan fingerprint density at radius 3 is 2.86 bits per heavy atom. The lowest BCUT2D eigenvalue weighted by Crippen LogP contribution is -2.38. The van der Waals surface area contributed by atoms with E-state index in [9.17, 15) is 4.79 Å². The van der Waals surface area contributed by atoms with Gasteiger partial charge in [0.05, 0.1) is 11.7 Å². The molecule has 2 fully saturated rings. The molecule has 2 saturated heterocycles. The molecule has 28 heavy (non-hydrogen) atoms. The number of rotatable bonds is 3. The van der Waals surface area contributed by atoms with Crippen molar-refractivity contribution >= 4 is 16.8 Å². The van der Waals surface area contributed by atoms with Gasteiger partial charge in [0.15, 0.2) is 0 Å². The Hall–Kier alpha value is -2.60. The van der Waals surface area contributed by atoms with Gasteiger partial charge >= 0.3 is 0 Å². The third-order valence-electron chi connectivity index (χ3n) is 6.58. The van der Waals surface area contributed by atoms with Crippen molar-refractivity contribution in [1.82, 2.24) is 14.6 Å². The zero-order valence-electron chi connectivity index (χ0n) is 16.0. The summed E-state index contributed by atoms with van der Waals surface area (Å²) in [5, 5.41) is 4.96. The van der Waals surface area contributed by atoms with Crippen LogP contribution in [0.5, 0.6) is 0 Å². The van der Waals surface area contributed by atoms with Gasteiger partial charge in [-0.25, -0.2) is 0 Å². The van der Waals surface area contributed by atoms with Crippen LogP contribution in [-0.2, 0) is 0 Å². The first kappa shape index (κ1) is 17.5. The smallest absolute Gasteiger partial charge is 0.248 e. The van der Waals surface area contributed by atoms with E-state index in [1.54, 1.807) is 12.3 Å². The van der Waals surface area contributed by atoms with Gasteiger partial charge in [-0.1, -0.05) is 11.6 Å². The first-order valence-corrected chi connectivity index (χ1v) is 10.3. The molecule has 0 radical (unpaired) electrons. The number of hydrogen-bond acceptors (Lipinski definition) is 4. The van der Waals surface area contributed by atoms with Crippen molar-refractivity contribution in [3.63, 3.8) is 0 Å². The molecule has 0 saturated carbocycles. The van der Waals surface area contributed by atoms with E-state index < -0.39 is 5.91 Å². The van der Waals surface area contributed by atoms with Crippen molar-refractivity contribution < 1.29 is 9.32 Å². The highest BCUT2D eigenvalue weighted by atomic mass is 16.5. The number of amides is 1. The first-order valence-electron chi connectivity index (χ1n) is 10.3. The lowest BCUT2D eigenvalue weighted by atomic mass is 9.90. The molecular formula is C22H26N4O2. The van der Waals surface area contributed by atoms with E-state index in [1.807, 2.05) is 22.8 Å². The summed E-state index contributed by atoms with van der Waals surface area (Å²) in [6.45, 7) is 2.39. The molecule has 146 valence electrons. The number of hydrogen-bond donors (Lipinski definition) is 1. The maximum atomic E-state index is 11.8. The number of aromatic nitrogens is 2. The van der Waals surface area contributed by atoms with Crippen LogP contribution in [0.25, 0.3) is 16.8 Å². The van der Waals surface area contributed by atoms with Crippen LogP contribution in [-0.4, -0.2) is 39.7 Å². The number of carbonyl (C=O) groups is 1. The molecule has 2 aliphatic rings. The molecule has 2 aromatic heterocycles. The molecule has 2 unspecified atom stereocenters. The molecular weight excluding hydrogens is 352 g/mol. The van der Waals surface area contributed by atoms with Crippen LogP contribution in [0.15, 0.2) is 41.2 Å². The third kappa shape index (κ3) is 3.02. The van der Waals surface area contributed by atoms with Crippen molar-refractivity contribution in [3.05, 3.63) is 47.8 Å². The molecule has 0 aliphatic carbocycles. The lowest BCUT2D eigenvalue weighted by molar-refractivity contribution is 0.100. The highest BCUT2D eigenvalue weighted by Crippen LogP contribution is 2.38. The van der Waals surface area contributed by atoms with Crippen molar-refractivity contribution in [2.75, 3.05) is 13.1 Å². The van der Waals surface area contributed by atoms with Gasteiger partial charge in [0.1, 0.15) is 0 Å². The van der Waals surface area contributed by atoms with Crippen molar-refractivity contribution in [1.29, 1.82) is 0 Å². The van der Waals surface area contributed by atoms with E-state index in [-0.39, 0.29) is 0 Å². The SMILES string of the molecule is NC(=O)c1ccc2c(c1)c(C1CCC3CCCCN3CC1)cn2-c1ccno1. The highest BCUT2D eigenvalue weighted by molar-refractivity contribution is 5.98. The molecule has 2 aliphatic heterocycles. The summed E-state index contributed by atoms with van der Waals surface area (Å²) in [6.07, 6.45) is 11.4. The number of fused-ring (bicyclic) bond motifs is 2. The quantitative estimate of drug-likeness (QED) is 0.751. The van der Waals surface area contributed by atoms with Crippen LogP contribution < -0.4 is 5.73 Å². The predicted octanol–water partition coefficient (Wildman–Crippen LogP) is 3.84. The molecule has 1 aromatic carbocycles. The molecule has 2 atom stereocenters. The zero-order valence-corrected chi connectivity index (χ0v) is 16.0. The zero-order chi connectivity index (χ0) is 19.1. The Morgan fingerprint density at radius 2 is 2.04 bits per heavy atom. The van der Waals surface area contributed by atoms with Gasteiger partial charge in [0.2, 0.25) is 11.8 Å². The monoisotopic (exact) mass is 378 g/mol. The minimum absolute atomic E-state index is 0.390. The second-order valence-electron chi connectivity index (χ2n) is 8.15. The summed E-state index contributed by atoms with van der Waals surface area (Å²) in [4.78, 5) is 14.5. The summed E-state index contributed by atoms with van der Waals surface area (Å²) in [7, 11) is 0. The minimum Gasteiger partial charge on any atom is -0.366 e. The first-order chi connectivity index (χ1) is 13.7. The van der Waals surface area contributed by atoms with Gasteiger partial charge in [0.25, 0.3) is 0 Å². The van der Waals surface area contributed by atoms with Crippen LogP contribution >= 0.6 is 0 Å². The van der Waals surface area contributed by atoms with E-state index in [2.05, 4.69) is 16.3 Å². The Balaban J connectivity index is 1.57. The summed E-state index contributed by atoms with van der Waals surface area (Å²) >= 11 is 0. The average molecular weight is 378 g/mol. The molecule has 0 bridgehead atoms. The largest absolute Gasteiger partial charge is 0.366 e. The molecule has 4 heterocycles. The second kappa shape index (κ2) is 7.09. The predicted molar refractivity (Wildman–Crippen MR) is 108 cm³/mol. The standard InChI is InChI=1S/C22H26N4O2/c23-22(27)16-5-7-20-18(13-16)19(14-26(20)21-8-10-24-28-21)15-4-6-17-3-1-2-11-25(17)12-9-15/h5,7-8,10,13-15,17H,1-4,6,9,11-12H2,(H2,23,27). The lowest BCUT2D eigenvalue weighted by Gasteiger charge is -2.33. The number of nitrogens with two attached hydrogens (primary N) is 1. The number of primary amides is 1. The van der Waals surface area contributed by atoms with Gasteiger partial charge in [-0.15, -0.1) is 0 Å². The van der Waals surface area contributed by atoms with Gasteiger partial charge < -0.3 is 15.2 Å². The Labute approximate surface area is 164 Å². The highest BCUT2D eigenvalue weighted by Gasteiger charge is 2.29. The second-order valence-corrected chi connectivity index (χ2v) is 8.15. The van der Waals surface area contributed by atoms with Gasteiger partial charge in [-0.3, -0.25) is 9.36 Å². The normalized spacial score (nSPS) is 23.4. The van der Waals surface area contributed by atoms with Gasteiger partial charge in [-0.2, -0.15) is 0 Å². The fourth-order valence-corrected chi connectivity index (χ4v) is 5.10. The van der Waals surface area contributed by atoms with E-state index in [4.69, 9.17) is 10.3 Å². The average Bonchev–Trinajstić information content (AvgIpc) is 3.31. The van der Waals surface area contributed by atoms with Crippen LogP contribution in [0.4, 0.5) is 0 Å². The van der Waals surface area contributed by atoms with Crippen molar-refractivity contribution in [2.45, 2.75) is 50.5 Å². The van der Waals surface area contributed by atoms with Crippen LogP contribution in [0, 0.1) is 0 Å². The maximum absolute atomic E-state index is 11.8. The van der Waals surface area contributed by atoms with E-state index >= 15 is 0 Å². The summed E-state index contributed by atoms with van der Waals surface area (Å²) in [6, 6.07) is 8.29. The van der Waals surface area contributed by atoms with Gasteiger partial charge in [0, 0.05) is 29.3 Å². The molecule has 6 heteroatoms. The molecule has 2 N–H and O–H groups in total. The van der Waals surface area contributed by atoms with E-state index in [0.29, 0.717) is 17.4 Å². The van der Waals surface area contributed by atoms with Crippen molar-refractivity contribution in [3.8, 4) is 5.88 Å². The summed E-state index contributed by atoms with van der Waals surface area (Å²) < 4.78 is 7.46. The number of nitrogens with zero attached hydrogens (tertiary/aromatic N) is 3. The Kier molecular flexibility index (Phi) is 4.43. The summed E-state index contributed by atoms with van der Waals surface area (Å²) in [5.41, 5.74) is 8.42. The Morgan fingerprint density at radius 1 is 1.11 bits per heavy atom. The molecule has 6 nitrogen and oxygen atoms in total. The molecule has 5 rings (SSSR count). The molecule has 3 aromatic rings. The minimum atomic E-state index is -0.390. The van der Waals surface area contributed by atoms with Gasteiger partial charge in [-0.05, 0) is 74.9 Å². The van der Waals surface area contributed by atoms with Crippen molar-refractivity contribution in [2.24, 2.45) is 5.73 Å². The maximum Gasteiger partial charge on any atom is 0.248 e. The summed E-state index contributed by atoms with van der Waals surface area (Å²) in [5.74, 6) is 0.771. The molecule has 0 spiro atoms. The fourth-order valence-electron chi connectivity index (χ4n) is 5.10. The van der Waals surface area contributed by atoms with Crippen LogP contribution in [0.3, 0.4) is 0 Å². The van der Waals surface area contributed by atoms with Crippen LogP contribution in [0.2, 0.25) is 0 Å². The van der Waals surface area contributed by atoms with Crippen LogP contribution in [0.1, 0.15) is 60.4 Å². The fraction of sp³-hybridized carbons (Fsp3) is 0.455. The number of carbonyl (C=O) groups excluding carboxylic acids is 1. The topological polar surface area (TPSA) is 77.3 Å².